The molecule has 0 atom stereocenters. The molecule has 1 heterocycles. The Labute approximate surface area is 159 Å². The van der Waals surface area contributed by atoms with E-state index < -0.39 is 0 Å². The van der Waals surface area contributed by atoms with Crippen LogP contribution in [0.25, 0.3) is 0 Å². The standard InChI is InChI=1S/C18H23N3S.HI/c1-19-17(20-13-16-9-5-12-22-16)21-14-18(10-6-11-18)15-7-3-2-4-8-15;/h2-5,7-9,12H,6,10-11,13-14H2,1H3,(H2,19,20,21);1H. The molecule has 1 saturated carbocycles. The minimum Gasteiger partial charge on any atom is -0.356 e. The molecule has 1 aliphatic rings. The zero-order valence-corrected chi connectivity index (χ0v) is 16.6. The smallest absolute Gasteiger partial charge is 0.191 e. The Kier molecular flexibility index (Phi) is 6.89. The Morgan fingerprint density at radius 2 is 1.91 bits per heavy atom. The van der Waals surface area contributed by atoms with Crippen LogP contribution in [0.2, 0.25) is 0 Å². The van der Waals surface area contributed by atoms with Crippen LogP contribution in [0.15, 0.2) is 52.8 Å². The van der Waals surface area contributed by atoms with Crippen molar-refractivity contribution in [1.82, 2.24) is 10.6 Å². The first-order valence-electron chi connectivity index (χ1n) is 7.85. The minimum absolute atomic E-state index is 0. The molecule has 23 heavy (non-hydrogen) atoms. The first-order valence-corrected chi connectivity index (χ1v) is 8.73. The van der Waals surface area contributed by atoms with E-state index in [0.717, 1.165) is 19.0 Å². The molecule has 0 radical (unpaired) electrons. The largest absolute Gasteiger partial charge is 0.356 e. The Morgan fingerprint density at radius 3 is 2.48 bits per heavy atom. The molecule has 3 rings (SSSR count). The number of guanidine groups is 1. The van der Waals surface area contributed by atoms with Crippen LogP contribution in [0.3, 0.4) is 0 Å². The van der Waals surface area contributed by atoms with Gasteiger partial charge in [0.05, 0.1) is 6.54 Å². The van der Waals surface area contributed by atoms with Crippen molar-refractivity contribution in [2.24, 2.45) is 4.99 Å². The summed E-state index contributed by atoms with van der Waals surface area (Å²) in [5.74, 6) is 0.885. The summed E-state index contributed by atoms with van der Waals surface area (Å²) < 4.78 is 0. The predicted molar refractivity (Wildman–Crippen MR) is 110 cm³/mol. The lowest BCUT2D eigenvalue weighted by Crippen LogP contribution is -2.48. The zero-order valence-electron chi connectivity index (χ0n) is 13.4. The van der Waals surface area contributed by atoms with Crippen molar-refractivity contribution in [2.75, 3.05) is 13.6 Å². The van der Waals surface area contributed by atoms with Crippen LogP contribution in [0, 0.1) is 0 Å². The van der Waals surface area contributed by atoms with Crippen LogP contribution in [0.1, 0.15) is 29.7 Å². The molecule has 1 fully saturated rings. The van der Waals surface area contributed by atoms with Gasteiger partial charge in [-0.05, 0) is 29.9 Å². The molecule has 0 aliphatic heterocycles. The van der Waals surface area contributed by atoms with E-state index in [4.69, 9.17) is 0 Å². The summed E-state index contributed by atoms with van der Waals surface area (Å²) in [6, 6.07) is 15.1. The van der Waals surface area contributed by atoms with Crippen LogP contribution < -0.4 is 10.6 Å². The molecule has 0 spiro atoms. The van der Waals surface area contributed by atoms with Gasteiger partial charge in [-0.25, -0.2) is 0 Å². The highest BCUT2D eigenvalue weighted by atomic mass is 127. The number of hydrogen-bond donors (Lipinski definition) is 2. The topological polar surface area (TPSA) is 36.4 Å². The van der Waals surface area contributed by atoms with Gasteiger partial charge in [0.1, 0.15) is 0 Å². The number of nitrogens with zero attached hydrogens (tertiary/aromatic N) is 1. The number of nitrogens with one attached hydrogen (secondary N) is 2. The third kappa shape index (κ3) is 4.47. The lowest BCUT2D eigenvalue weighted by Gasteiger charge is -2.43. The summed E-state index contributed by atoms with van der Waals surface area (Å²) >= 11 is 1.77. The van der Waals surface area contributed by atoms with Gasteiger partial charge in [0.2, 0.25) is 0 Å². The van der Waals surface area contributed by atoms with Gasteiger partial charge in [-0.15, -0.1) is 35.3 Å². The van der Waals surface area contributed by atoms with E-state index in [9.17, 15) is 0 Å². The molecule has 0 saturated heterocycles. The predicted octanol–water partition coefficient (Wildman–Crippen LogP) is 4.15. The second kappa shape index (κ2) is 8.68. The van der Waals surface area contributed by atoms with E-state index in [1.807, 2.05) is 7.05 Å². The Balaban J connectivity index is 0.00000192. The number of halogens is 1. The van der Waals surface area contributed by atoms with E-state index in [2.05, 4.69) is 63.5 Å². The normalized spacial score (nSPS) is 16.1. The number of aliphatic imine (C=N–C) groups is 1. The van der Waals surface area contributed by atoms with Crippen molar-refractivity contribution in [3.8, 4) is 0 Å². The maximum atomic E-state index is 4.34. The first kappa shape index (κ1) is 18.3. The fraction of sp³-hybridized carbons (Fsp3) is 0.389. The molecule has 124 valence electrons. The Morgan fingerprint density at radius 1 is 1.13 bits per heavy atom. The maximum Gasteiger partial charge on any atom is 0.191 e. The highest BCUT2D eigenvalue weighted by Crippen LogP contribution is 2.43. The summed E-state index contributed by atoms with van der Waals surface area (Å²) in [6.07, 6.45) is 3.83. The van der Waals surface area contributed by atoms with Crippen molar-refractivity contribution in [3.63, 3.8) is 0 Å². The highest BCUT2D eigenvalue weighted by molar-refractivity contribution is 14.0. The third-order valence-corrected chi connectivity index (χ3v) is 5.40. The van der Waals surface area contributed by atoms with E-state index in [-0.39, 0.29) is 29.4 Å². The first-order chi connectivity index (χ1) is 10.8. The summed E-state index contributed by atoms with van der Waals surface area (Å²) in [5.41, 5.74) is 1.73. The van der Waals surface area contributed by atoms with E-state index >= 15 is 0 Å². The van der Waals surface area contributed by atoms with Crippen molar-refractivity contribution >= 4 is 41.3 Å². The quantitative estimate of drug-likeness (QED) is 0.416. The van der Waals surface area contributed by atoms with Crippen molar-refractivity contribution < 1.29 is 0 Å². The van der Waals surface area contributed by atoms with Crippen molar-refractivity contribution in [2.45, 2.75) is 31.2 Å². The molecule has 3 nitrogen and oxygen atoms in total. The molecule has 2 N–H and O–H groups in total. The van der Waals surface area contributed by atoms with Crippen LogP contribution in [-0.4, -0.2) is 19.6 Å². The van der Waals surface area contributed by atoms with Gasteiger partial charge < -0.3 is 10.6 Å². The number of rotatable bonds is 5. The van der Waals surface area contributed by atoms with E-state index in [0.29, 0.717) is 0 Å². The van der Waals surface area contributed by atoms with Gasteiger partial charge in [-0.3, -0.25) is 4.99 Å². The third-order valence-electron chi connectivity index (χ3n) is 4.52. The van der Waals surface area contributed by atoms with E-state index in [1.54, 1.807) is 11.3 Å². The molecule has 5 heteroatoms. The van der Waals surface area contributed by atoms with Crippen LogP contribution in [-0.2, 0) is 12.0 Å². The van der Waals surface area contributed by atoms with Crippen molar-refractivity contribution in [3.05, 3.63) is 58.3 Å². The Hall–Kier alpha value is -1.08. The summed E-state index contributed by atoms with van der Waals surface area (Å²) in [6.45, 7) is 1.77. The van der Waals surface area contributed by atoms with Gasteiger partial charge in [0, 0.05) is 23.9 Å². The SMILES string of the molecule is CN=C(NCc1cccs1)NCC1(c2ccccc2)CCC1.I. The second-order valence-corrected chi connectivity index (χ2v) is 6.89. The molecular weight excluding hydrogens is 417 g/mol. The zero-order chi connectivity index (χ0) is 15.3. The summed E-state index contributed by atoms with van der Waals surface area (Å²) in [7, 11) is 1.83. The van der Waals surface area contributed by atoms with Crippen LogP contribution >= 0.6 is 35.3 Å². The summed E-state index contributed by atoms with van der Waals surface area (Å²) in [5, 5.41) is 9.01. The number of hydrogen-bond acceptors (Lipinski definition) is 2. The monoisotopic (exact) mass is 441 g/mol. The number of benzene rings is 1. The fourth-order valence-electron chi connectivity index (χ4n) is 3.02. The fourth-order valence-corrected chi connectivity index (χ4v) is 3.66. The lowest BCUT2D eigenvalue weighted by atomic mass is 9.64. The van der Waals surface area contributed by atoms with Crippen molar-refractivity contribution in [1.29, 1.82) is 0 Å². The molecule has 1 aromatic carbocycles. The van der Waals surface area contributed by atoms with Crippen LogP contribution in [0.4, 0.5) is 0 Å². The van der Waals surface area contributed by atoms with Gasteiger partial charge in [-0.2, -0.15) is 0 Å². The molecule has 2 aromatic rings. The molecule has 1 aromatic heterocycles. The molecule has 0 bridgehead atoms. The average molecular weight is 441 g/mol. The minimum atomic E-state index is 0. The summed E-state index contributed by atoms with van der Waals surface area (Å²) in [4.78, 5) is 5.67. The second-order valence-electron chi connectivity index (χ2n) is 5.86. The molecule has 0 amide bonds. The maximum absolute atomic E-state index is 4.34. The van der Waals surface area contributed by atoms with Gasteiger partial charge in [-0.1, -0.05) is 42.8 Å². The van der Waals surface area contributed by atoms with Gasteiger partial charge in [0.15, 0.2) is 5.96 Å². The number of thiophene rings is 1. The van der Waals surface area contributed by atoms with Gasteiger partial charge >= 0.3 is 0 Å². The molecule has 0 unspecified atom stereocenters. The Bertz CT molecular complexity index is 606. The highest BCUT2D eigenvalue weighted by Gasteiger charge is 2.38. The lowest BCUT2D eigenvalue weighted by molar-refractivity contribution is 0.244. The van der Waals surface area contributed by atoms with E-state index in [1.165, 1.54) is 29.7 Å². The average Bonchev–Trinajstić information content (AvgIpc) is 3.03. The van der Waals surface area contributed by atoms with Gasteiger partial charge in [0.25, 0.3) is 0 Å². The molecule has 1 aliphatic carbocycles. The molecular formula is C18H24IN3S. The van der Waals surface area contributed by atoms with Crippen LogP contribution in [0.5, 0.6) is 0 Å².